The van der Waals surface area contributed by atoms with Gasteiger partial charge >= 0.3 is 0 Å². The maximum absolute atomic E-state index is 13.2. The number of rotatable bonds is 3. The quantitative estimate of drug-likeness (QED) is 0.357. The van der Waals surface area contributed by atoms with Crippen LogP contribution in [0.2, 0.25) is 0 Å². The summed E-state index contributed by atoms with van der Waals surface area (Å²) in [6.45, 7) is 6.28. The molecule has 0 aliphatic rings. The Hall–Kier alpha value is -3.40. The summed E-state index contributed by atoms with van der Waals surface area (Å²) in [4.78, 5) is 17.7. The molecule has 4 heteroatoms. The Morgan fingerprint density at radius 2 is 1.88 bits per heavy atom. The lowest BCUT2D eigenvalue weighted by Gasteiger charge is -2.06. The van der Waals surface area contributed by atoms with Gasteiger partial charge in [-0.3, -0.25) is 14.2 Å². The summed E-state index contributed by atoms with van der Waals surface area (Å²) in [6, 6.07) is 15.4. The van der Waals surface area contributed by atoms with Crippen LogP contribution in [0.3, 0.4) is 0 Å². The van der Waals surface area contributed by atoms with Gasteiger partial charge in [-0.2, -0.15) is 0 Å². The van der Waals surface area contributed by atoms with E-state index < -0.39 is 0 Å². The van der Waals surface area contributed by atoms with Gasteiger partial charge in [-0.15, -0.1) is 0 Å². The van der Waals surface area contributed by atoms with E-state index in [1.54, 1.807) is 10.6 Å². The summed E-state index contributed by atoms with van der Waals surface area (Å²) in [6.07, 6.45) is 1.80. The first-order valence-corrected chi connectivity index (χ1v) is 8.49. The summed E-state index contributed by atoms with van der Waals surface area (Å²) < 4.78 is 7.57. The molecule has 0 spiro atoms. The van der Waals surface area contributed by atoms with E-state index in [-0.39, 0.29) is 5.56 Å². The lowest BCUT2D eigenvalue weighted by Crippen LogP contribution is -2.13. The minimum Gasteiger partial charge on any atom is -0.489 e. The van der Waals surface area contributed by atoms with E-state index in [0.717, 1.165) is 44.0 Å². The molecule has 0 fully saturated rings. The van der Waals surface area contributed by atoms with Crippen LogP contribution in [0.4, 0.5) is 0 Å². The summed E-state index contributed by atoms with van der Waals surface area (Å²) in [5.74, 6) is 0.766. The highest BCUT2D eigenvalue weighted by atomic mass is 16.5. The molecular formula is C22H16N2O2. The van der Waals surface area contributed by atoms with Gasteiger partial charge < -0.3 is 4.74 Å². The summed E-state index contributed by atoms with van der Waals surface area (Å²) in [5, 5.41) is 3.56. The van der Waals surface area contributed by atoms with E-state index in [0.29, 0.717) is 12.0 Å². The average molecular weight is 340 g/mol. The van der Waals surface area contributed by atoms with Gasteiger partial charge in [-0.25, -0.2) is 0 Å². The fraction of sp³-hybridized carbons (Fsp3) is 0.0909. The summed E-state index contributed by atoms with van der Waals surface area (Å²) in [7, 11) is 0. The highest BCUT2D eigenvalue weighted by Crippen LogP contribution is 2.34. The second-order valence-electron chi connectivity index (χ2n) is 6.67. The standard InChI is InChI=1S/C22H16N2O2/c1-13(2)12-26-14-7-8-19-18(11-14)16-9-10-23-20-15-5-3-4-6-17(15)22(25)24(19)21(16)20/h3-11H,1,12H2,2H3. The molecule has 5 aromatic rings. The van der Waals surface area contributed by atoms with Crippen molar-refractivity contribution in [1.82, 2.24) is 9.38 Å². The number of pyridine rings is 2. The molecule has 0 unspecified atom stereocenters. The second-order valence-corrected chi connectivity index (χ2v) is 6.67. The molecule has 0 radical (unpaired) electrons. The van der Waals surface area contributed by atoms with E-state index in [4.69, 9.17) is 4.74 Å². The minimum atomic E-state index is -0.0169. The zero-order valence-electron chi connectivity index (χ0n) is 14.3. The van der Waals surface area contributed by atoms with Crippen LogP contribution in [-0.2, 0) is 0 Å². The maximum atomic E-state index is 13.2. The van der Waals surface area contributed by atoms with Crippen LogP contribution >= 0.6 is 0 Å². The third kappa shape index (κ3) is 1.96. The van der Waals surface area contributed by atoms with Crippen molar-refractivity contribution in [1.29, 1.82) is 0 Å². The highest BCUT2D eigenvalue weighted by Gasteiger charge is 2.17. The number of nitrogens with zero attached hydrogens (tertiary/aromatic N) is 2. The smallest absolute Gasteiger partial charge is 0.263 e. The Kier molecular flexibility index (Phi) is 3.04. The monoisotopic (exact) mass is 340 g/mol. The summed E-state index contributed by atoms with van der Waals surface area (Å²) >= 11 is 0. The van der Waals surface area contributed by atoms with Crippen LogP contribution in [0.1, 0.15) is 6.92 Å². The van der Waals surface area contributed by atoms with Crippen molar-refractivity contribution in [2.24, 2.45) is 0 Å². The second kappa shape index (κ2) is 5.30. The molecule has 0 aliphatic heterocycles. The van der Waals surface area contributed by atoms with E-state index in [1.165, 1.54) is 0 Å². The van der Waals surface area contributed by atoms with Crippen molar-refractivity contribution in [3.63, 3.8) is 0 Å². The van der Waals surface area contributed by atoms with Crippen LogP contribution in [0.25, 0.3) is 38.1 Å². The zero-order chi connectivity index (χ0) is 17.8. The van der Waals surface area contributed by atoms with Crippen molar-refractivity contribution < 1.29 is 4.74 Å². The lowest BCUT2D eigenvalue weighted by molar-refractivity contribution is 0.353. The predicted octanol–water partition coefficient (Wildman–Crippen LogP) is 4.55. The largest absolute Gasteiger partial charge is 0.489 e. The third-order valence-electron chi connectivity index (χ3n) is 4.75. The van der Waals surface area contributed by atoms with Gasteiger partial charge in [0.1, 0.15) is 12.4 Å². The lowest BCUT2D eigenvalue weighted by atomic mass is 10.1. The molecule has 0 aliphatic carbocycles. The van der Waals surface area contributed by atoms with Crippen molar-refractivity contribution in [2.75, 3.05) is 6.61 Å². The van der Waals surface area contributed by atoms with Crippen molar-refractivity contribution in [2.45, 2.75) is 6.92 Å². The first kappa shape index (κ1) is 14.9. The van der Waals surface area contributed by atoms with Crippen LogP contribution in [0.15, 0.2) is 71.7 Å². The minimum absolute atomic E-state index is 0.0169. The van der Waals surface area contributed by atoms with Crippen molar-refractivity contribution >= 4 is 38.1 Å². The van der Waals surface area contributed by atoms with E-state index >= 15 is 0 Å². The van der Waals surface area contributed by atoms with E-state index in [9.17, 15) is 4.79 Å². The number of benzene rings is 2. The van der Waals surface area contributed by atoms with Crippen LogP contribution < -0.4 is 10.3 Å². The van der Waals surface area contributed by atoms with Gasteiger partial charge in [0.15, 0.2) is 0 Å². The maximum Gasteiger partial charge on any atom is 0.263 e. The fourth-order valence-corrected chi connectivity index (χ4v) is 3.64. The number of hydrogen-bond donors (Lipinski definition) is 0. The Balaban J connectivity index is 1.95. The van der Waals surface area contributed by atoms with Crippen LogP contribution in [-0.4, -0.2) is 16.0 Å². The number of aromatic nitrogens is 2. The van der Waals surface area contributed by atoms with E-state index in [2.05, 4.69) is 11.6 Å². The molecule has 3 heterocycles. The molecule has 0 saturated carbocycles. The zero-order valence-corrected chi connectivity index (χ0v) is 14.3. The number of fused-ring (bicyclic) bond motifs is 5. The Morgan fingerprint density at radius 3 is 2.69 bits per heavy atom. The topological polar surface area (TPSA) is 43.6 Å². The van der Waals surface area contributed by atoms with Crippen LogP contribution in [0, 0.1) is 0 Å². The van der Waals surface area contributed by atoms with Gasteiger partial charge in [0, 0.05) is 27.7 Å². The highest BCUT2D eigenvalue weighted by molar-refractivity contribution is 6.18. The van der Waals surface area contributed by atoms with Gasteiger partial charge in [0.2, 0.25) is 0 Å². The van der Waals surface area contributed by atoms with Crippen molar-refractivity contribution in [3.8, 4) is 5.75 Å². The molecule has 0 amide bonds. The van der Waals surface area contributed by atoms with Gasteiger partial charge in [0.25, 0.3) is 5.56 Å². The molecular weight excluding hydrogens is 324 g/mol. The number of ether oxygens (including phenoxy) is 1. The molecule has 0 N–H and O–H groups in total. The normalized spacial score (nSPS) is 11.7. The Bertz CT molecular complexity index is 1380. The molecule has 0 atom stereocenters. The SMILES string of the molecule is C=C(C)COc1ccc2c(c1)c1ccnc3c4ccccc4c(=O)n2c13. The third-order valence-corrected chi connectivity index (χ3v) is 4.75. The molecule has 2 aromatic carbocycles. The Labute approximate surface area is 149 Å². The Morgan fingerprint density at radius 1 is 1.08 bits per heavy atom. The molecule has 4 nitrogen and oxygen atoms in total. The molecule has 0 saturated heterocycles. The van der Waals surface area contributed by atoms with Gasteiger partial charge in [-0.05, 0) is 42.8 Å². The fourth-order valence-electron chi connectivity index (χ4n) is 3.64. The molecule has 5 rings (SSSR count). The first-order valence-electron chi connectivity index (χ1n) is 8.49. The predicted molar refractivity (Wildman–Crippen MR) is 105 cm³/mol. The summed E-state index contributed by atoms with van der Waals surface area (Å²) in [5.41, 5.74) is 3.53. The van der Waals surface area contributed by atoms with Gasteiger partial charge in [0.05, 0.1) is 16.6 Å². The first-order chi connectivity index (χ1) is 12.6. The van der Waals surface area contributed by atoms with Gasteiger partial charge in [-0.1, -0.05) is 24.8 Å². The molecule has 26 heavy (non-hydrogen) atoms. The number of hydrogen-bond acceptors (Lipinski definition) is 3. The molecule has 0 bridgehead atoms. The molecule has 3 aromatic heterocycles. The average Bonchev–Trinajstić information content (AvgIpc) is 2.99. The van der Waals surface area contributed by atoms with Crippen LogP contribution in [0.5, 0.6) is 5.75 Å². The van der Waals surface area contributed by atoms with Crippen molar-refractivity contribution in [3.05, 3.63) is 77.2 Å². The molecule has 126 valence electrons. The van der Waals surface area contributed by atoms with E-state index in [1.807, 2.05) is 55.5 Å².